The Hall–Kier alpha value is -6.38. The number of nitrogens with zero attached hydrogens (tertiary/aromatic N) is 1. The molecule has 224 valence electrons. The van der Waals surface area contributed by atoms with Crippen molar-refractivity contribution in [1.29, 1.82) is 0 Å². The molecule has 0 aliphatic heterocycles. The molecule has 0 fully saturated rings. The lowest BCUT2D eigenvalue weighted by Crippen LogP contribution is -1.94. The molecule has 0 aliphatic carbocycles. The number of benzene rings is 8. The van der Waals surface area contributed by atoms with Crippen LogP contribution in [0.3, 0.4) is 0 Å². The summed E-state index contributed by atoms with van der Waals surface area (Å²) < 4.78 is 8.87. The Balaban J connectivity index is 1.16. The molecule has 10 aromatic rings. The largest absolute Gasteiger partial charge is 0.456 e. The van der Waals surface area contributed by atoms with Crippen LogP contribution in [0.15, 0.2) is 180 Å². The van der Waals surface area contributed by atoms with E-state index in [1.807, 2.05) is 0 Å². The van der Waals surface area contributed by atoms with Crippen molar-refractivity contribution in [3.8, 4) is 39.1 Å². The summed E-state index contributed by atoms with van der Waals surface area (Å²) in [6.07, 6.45) is 0. The summed E-state index contributed by atoms with van der Waals surface area (Å²) in [5.41, 5.74) is 12.5. The van der Waals surface area contributed by atoms with E-state index in [0.29, 0.717) is 0 Å². The van der Waals surface area contributed by atoms with Crippen LogP contribution < -0.4 is 0 Å². The number of aromatic nitrogens is 1. The van der Waals surface area contributed by atoms with Gasteiger partial charge < -0.3 is 8.98 Å². The molecule has 2 heteroatoms. The standard InChI is InChI=1S/C46H29NO/c1-3-11-30(12-4-1)34-25-35(31-13-5-2-6-14-31)27-36(26-34)32-19-22-37(23-20-32)47-42-18-10-9-17-39(42)40-29-45-41(28-43(40)47)46-38-16-8-7-15-33(38)21-24-44(46)48-45/h1-29H. The fourth-order valence-electron chi connectivity index (χ4n) is 7.48. The van der Waals surface area contributed by atoms with E-state index in [-0.39, 0.29) is 0 Å². The Morgan fingerprint density at radius 3 is 1.60 bits per heavy atom. The SMILES string of the molecule is c1ccc(-c2cc(-c3ccccc3)cc(-c3ccc(-n4c5ccccc5c5cc6oc7ccc8ccccc8c7c6cc54)cc3)c2)cc1. The highest BCUT2D eigenvalue weighted by atomic mass is 16.3. The van der Waals surface area contributed by atoms with Crippen molar-refractivity contribution in [2.45, 2.75) is 0 Å². The molecule has 0 spiro atoms. The van der Waals surface area contributed by atoms with Crippen LogP contribution in [0.1, 0.15) is 0 Å². The minimum absolute atomic E-state index is 0.916. The average molecular weight is 612 g/mol. The third kappa shape index (κ3) is 4.20. The summed E-state index contributed by atoms with van der Waals surface area (Å²) in [6, 6.07) is 63.3. The third-order valence-corrected chi connectivity index (χ3v) is 9.76. The maximum Gasteiger partial charge on any atom is 0.136 e. The van der Waals surface area contributed by atoms with Gasteiger partial charge in [-0.1, -0.05) is 121 Å². The summed E-state index contributed by atoms with van der Waals surface area (Å²) in [6.45, 7) is 0. The van der Waals surface area contributed by atoms with Gasteiger partial charge in [-0.2, -0.15) is 0 Å². The quantitative estimate of drug-likeness (QED) is 0.194. The lowest BCUT2D eigenvalue weighted by molar-refractivity contribution is 0.670. The van der Waals surface area contributed by atoms with Crippen LogP contribution in [0.5, 0.6) is 0 Å². The summed E-state index contributed by atoms with van der Waals surface area (Å²) >= 11 is 0. The van der Waals surface area contributed by atoms with Gasteiger partial charge in [-0.3, -0.25) is 0 Å². The van der Waals surface area contributed by atoms with Gasteiger partial charge in [0.05, 0.1) is 11.0 Å². The first kappa shape index (κ1) is 26.8. The highest BCUT2D eigenvalue weighted by molar-refractivity contribution is 6.23. The van der Waals surface area contributed by atoms with Gasteiger partial charge in [0.15, 0.2) is 0 Å². The smallest absolute Gasteiger partial charge is 0.136 e. The number of para-hydroxylation sites is 1. The topological polar surface area (TPSA) is 18.1 Å². The minimum atomic E-state index is 0.916. The van der Waals surface area contributed by atoms with Crippen LogP contribution in [-0.4, -0.2) is 4.57 Å². The molecular formula is C46H29NO. The molecule has 8 aromatic carbocycles. The number of rotatable bonds is 4. The molecule has 2 nitrogen and oxygen atoms in total. The zero-order chi connectivity index (χ0) is 31.6. The van der Waals surface area contributed by atoms with Crippen LogP contribution in [0.25, 0.3) is 93.6 Å². The lowest BCUT2D eigenvalue weighted by atomic mass is 9.93. The third-order valence-electron chi connectivity index (χ3n) is 9.76. The van der Waals surface area contributed by atoms with Crippen LogP contribution in [0.4, 0.5) is 0 Å². The molecule has 2 aromatic heterocycles. The molecule has 0 radical (unpaired) electrons. The van der Waals surface area contributed by atoms with E-state index < -0.39 is 0 Å². The van der Waals surface area contributed by atoms with Gasteiger partial charge in [0.1, 0.15) is 11.2 Å². The van der Waals surface area contributed by atoms with E-state index in [4.69, 9.17) is 4.42 Å². The predicted octanol–water partition coefficient (Wildman–Crippen LogP) is 12.8. The fourth-order valence-corrected chi connectivity index (χ4v) is 7.48. The fraction of sp³-hybridized carbons (Fsp3) is 0. The predicted molar refractivity (Wildman–Crippen MR) is 202 cm³/mol. The van der Waals surface area contributed by atoms with Gasteiger partial charge >= 0.3 is 0 Å². The zero-order valence-electron chi connectivity index (χ0n) is 26.1. The number of hydrogen-bond acceptors (Lipinski definition) is 1. The maximum atomic E-state index is 6.47. The molecule has 2 heterocycles. The van der Waals surface area contributed by atoms with Gasteiger partial charge in [0.25, 0.3) is 0 Å². The van der Waals surface area contributed by atoms with Gasteiger partial charge in [-0.05, 0) is 98.8 Å². The highest BCUT2D eigenvalue weighted by Gasteiger charge is 2.18. The molecular weight excluding hydrogens is 583 g/mol. The van der Waals surface area contributed by atoms with E-state index in [1.54, 1.807) is 0 Å². The highest BCUT2D eigenvalue weighted by Crippen LogP contribution is 2.41. The normalized spacial score (nSPS) is 11.8. The second kappa shape index (κ2) is 10.6. The van der Waals surface area contributed by atoms with E-state index in [0.717, 1.165) is 22.2 Å². The summed E-state index contributed by atoms with van der Waals surface area (Å²) in [4.78, 5) is 0. The van der Waals surface area contributed by atoms with E-state index in [1.165, 1.54) is 71.3 Å². The first-order valence-corrected chi connectivity index (χ1v) is 16.4. The molecule has 0 atom stereocenters. The van der Waals surface area contributed by atoms with Crippen molar-refractivity contribution in [1.82, 2.24) is 4.57 Å². The van der Waals surface area contributed by atoms with Gasteiger partial charge in [-0.25, -0.2) is 0 Å². The Morgan fingerprint density at radius 2 is 0.917 bits per heavy atom. The summed E-state index contributed by atoms with van der Waals surface area (Å²) in [7, 11) is 0. The Bertz CT molecular complexity index is 2750. The molecule has 48 heavy (non-hydrogen) atoms. The Labute approximate surface area is 277 Å². The number of hydrogen-bond donors (Lipinski definition) is 0. The second-order valence-electron chi connectivity index (χ2n) is 12.6. The lowest BCUT2D eigenvalue weighted by Gasteiger charge is -2.13. The molecule has 0 amide bonds. The van der Waals surface area contributed by atoms with Crippen molar-refractivity contribution in [2.24, 2.45) is 0 Å². The monoisotopic (exact) mass is 611 g/mol. The van der Waals surface area contributed by atoms with E-state index in [9.17, 15) is 0 Å². The minimum Gasteiger partial charge on any atom is -0.456 e. The molecule has 0 saturated carbocycles. The Kier molecular flexibility index (Phi) is 5.91. The second-order valence-corrected chi connectivity index (χ2v) is 12.6. The molecule has 0 bridgehead atoms. The van der Waals surface area contributed by atoms with E-state index in [2.05, 4.69) is 180 Å². The van der Waals surface area contributed by atoms with Gasteiger partial charge in [0, 0.05) is 27.2 Å². The first-order chi connectivity index (χ1) is 23.8. The molecule has 0 saturated heterocycles. The molecule has 0 unspecified atom stereocenters. The summed E-state index contributed by atoms with van der Waals surface area (Å²) in [5.74, 6) is 0. The molecule has 0 N–H and O–H groups in total. The molecule has 0 aliphatic rings. The van der Waals surface area contributed by atoms with Gasteiger partial charge in [0.2, 0.25) is 0 Å². The number of furan rings is 1. The van der Waals surface area contributed by atoms with Crippen LogP contribution in [-0.2, 0) is 0 Å². The van der Waals surface area contributed by atoms with Gasteiger partial charge in [-0.15, -0.1) is 0 Å². The first-order valence-electron chi connectivity index (χ1n) is 16.4. The average Bonchev–Trinajstić information content (AvgIpc) is 3.69. The maximum absolute atomic E-state index is 6.47. The summed E-state index contributed by atoms with van der Waals surface area (Å²) in [5, 5.41) is 7.15. The van der Waals surface area contributed by atoms with Crippen molar-refractivity contribution < 1.29 is 4.42 Å². The van der Waals surface area contributed by atoms with Crippen molar-refractivity contribution in [2.75, 3.05) is 0 Å². The van der Waals surface area contributed by atoms with E-state index >= 15 is 0 Å². The molecule has 10 rings (SSSR count). The van der Waals surface area contributed by atoms with Crippen molar-refractivity contribution >= 4 is 54.5 Å². The Morgan fingerprint density at radius 1 is 0.333 bits per heavy atom. The van der Waals surface area contributed by atoms with Crippen LogP contribution in [0, 0.1) is 0 Å². The van der Waals surface area contributed by atoms with Crippen LogP contribution >= 0.6 is 0 Å². The number of fused-ring (bicyclic) bond motifs is 8. The zero-order valence-corrected chi connectivity index (χ0v) is 26.1. The van der Waals surface area contributed by atoms with Crippen LogP contribution in [0.2, 0.25) is 0 Å². The van der Waals surface area contributed by atoms with Crippen molar-refractivity contribution in [3.63, 3.8) is 0 Å². The van der Waals surface area contributed by atoms with Crippen molar-refractivity contribution in [3.05, 3.63) is 176 Å².